The van der Waals surface area contributed by atoms with Gasteiger partial charge in [-0.05, 0) is 24.1 Å². The predicted octanol–water partition coefficient (Wildman–Crippen LogP) is 1.67. The van der Waals surface area contributed by atoms with E-state index in [4.69, 9.17) is 15.2 Å². The Balaban J connectivity index is 2.52. The van der Waals surface area contributed by atoms with Crippen LogP contribution in [0.5, 0.6) is 0 Å². The molecule has 1 amide bonds. The molecule has 0 radical (unpaired) electrons. The number of hydrogen-bond acceptors (Lipinski definition) is 4. The number of nitrogen functional groups attached to an aromatic ring is 1. The largest absolute Gasteiger partial charge is 0.399 e. The molecule has 20 heavy (non-hydrogen) atoms. The fourth-order valence-corrected chi connectivity index (χ4v) is 1.87. The lowest BCUT2D eigenvalue weighted by Gasteiger charge is -2.22. The van der Waals surface area contributed by atoms with Crippen LogP contribution in [-0.4, -0.2) is 44.3 Å². The lowest BCUT2D eigenvalue weighted by Crippen LogP contribution is -2.34. The van der Waals surface area contributed by atoms with Crippen LogP contribution in [0.3, 0.4) is 0 Å². The summed E-state index contributed by atoms with van der Waals surface area (Å²) < 4.78 is 10.2. The summed E-state index contributed by atoms with van der Waals surface area (Å²) in [5.74, 6) is -0.00891. The summed E-state index contributed by atoms with van der Waals surface area (Å²) >= 11 is 0. The number of carbonyl (C=O) groups excluding carboxylic acids is 1. The Hall–Kier alpha value is -1.59. The number of nitrogens with zero attached hydrogens (tertiary/aromatic N) is 1. The number of anilines is 1. The van der Waals surface area contributed by atoms with Crippen molar-refractivity contribution in [3.8, 4) is 0 Å². The molecule has 1 aromatic rings. The Morgan fingerprint density at radius 1 is 1.35 bits per heavy atom. The lowest BCUT2D eigenvalue weighted by atomic mass is 10.2. The first-order valence-corrected chi connectivity index (χ1v) is 6.86. The smallest absolute Gasteiger partial charge is 0.248 e. The molecule has 0 atom stereocenters. The zero-order valence-electron chi connectivity index (χ0n) is 12.3. The summed E-state index contributed by atoms with van der Waals surface area (Å²) in [5.41, 5.74) is 7.50. The fraction of sp³-hybridized carbons (Fsp3) is 0.533. The fourth-order valence-electron chi connectivity index (χ4n) is 1.87. The highest BCUT2D eigenvalue weighted by molar-refractivity contribution is 5.77. The van der Waals surface area contributed by atoms with Gasteiger partial charge in [-0.1, -0.05) is 19.1 Å². The van der Waals surface area contributed by atoms with E-state index in [0.717, 1.165) is 12.0 Å². The van der Waals surface area contributed by atoms with Gasteiger partial charge in [0.05, 0.1) is 13.2 Å². The monoisotopic (exact) mass is 280 g/mol. The minimum Gasteiger partial charge on any atom is -0.399 e. The molecule has 0 aliphatic carbocycles. The first kappa shape index (κ1) is 16.5. The second-order valence-electron chi connectivity index (χ2n) is 4.61. The van der Waals surface area contributed by atoms with Gasteiger partial charge >= 0.3 is 0 Å². The van der Waals surface area contributed by atoms with Gasteiger partial charge in [0.1, 0.15) is 6.61 Å². The van der Waals surface area contributed by atoms with E-state index in [1.54, 1.807) is 12.0 Å². The average Bonchev–Trinajstić information content (AvgIpc) is 2.43. The molecule has 1 aromatic carbocycles. The topological polar surface area (TPSA) is 64.8 Å². The first-order valence-electron chi connectivity index (χ1n) is 6.86. The van der Waals surface area contributed by atoms with Crippen molar-refractivity contribution in [3.05, 3.63) is 29.8 Å². The van der Waals surface area contributed by atoms with Crippen LogP contribution in [-0.2, 0) is 20.8 Å². The molecule has 0 aromatic heterocycles. The molecule has 0 heterocycles. The highest BCUT2D eigenvalue weighted by atomic mass is 16.5. The Kier molecular flexibility index (Phi) is 7.69. The molecule has 0 unspecified atom stereocenters. The van der Waals surface area contributed by atoms with Gasteiger partial charge in [0.2, 0.25) is 5.91 Å². The summed E-state index contributed by atoms with van der Waals surface area (Å²) in [6.07, 6.45) is 0.909. The minimum atomic E-state index is -0.00891. The second kappa shape index (κ2) is 9.34. The van der Waals surface area contributed by atoms with E-state index in [9.17, 15) is 4.79 Å². The van der Waals surface area contributed by atoms with Crippen LogP contribution in [0.1, 0.15) is 18.9 Å². The van der Waals surface area contributed by atoms with Crippen molar-refractivity contribution in [1.82, 2.24) is 4.90 Å². The van der Waals surface area contributed by atoms with Gasteiger partial charge in [0.25, 0.3) is 0 Å². The van der Waals surface area contributed by atoms with Crippen LogP contribution < -0.4 is 5.73 Å². The highest BCUT2D eigenvalue weighted by Gasteiger charge is 2.13. The van der Waals surface area contributed by atoms with E-state index >= 15 is 0 Å². The van der Waals surface area contributed by atoms with Crippen LogP contribution in [0.4, 0.5) is 5.69 Å². The van der Waals surface area contributed by atoms with Crippen LogP contribution in [0.15, 0.2) is 24.3 Å². The molecule has 5 heteroatoms. The van der Waals surface area contributed by atoms with Crippen molar-refractivity contribution < 1.29 is 14.3 Å². The number of benzene rings is 1. The number of ether oxygens (including phenoxy) is 2. The van der Waals surface area contributed by atoms with Gasteiger partial charge in [-0.3, -0.25) is 4.79 Å². The lowest BCUT2D eigenvalue weighted by molar-refractivity contribution is -0.137. The molecule has 112 valence electrons. The van der Waals surface area contributed by atoms with E-state index in [2.05, 4.69) is 0 Å². The van der Waals surface area contributed by atoms with Gasteiger partial charge < -0.3 is 20.1 Å². The molecule has 0 bridgehead atoms. The van der Waals surface area contributed by atoms with Gasteiger partial charge in [0.15, 0.2) is 0 Å². The van der Waals surface area contributed by atoms with E-state index in [0.29, 0.717) is 32.0 Å². The van der Waals surface area contributed by atoms with E-state index in [-0.39, 0.29) is 12.5 Å². The molecule has 0 aliphatic rings. The maximum atomic E-state index is 12.1. The molecular weight excluding hydrogens is 256 g/mol. The average molecular weight is 280 g/mol. The SMILES string of the molecule is CCCN(Cc1cccc(N)c1)C(=O)COCCOC. The molecule has 0 saturated heterocycles. The van der Waals surface area contributed by atoms with Crippen molar-refractivity contribution in [2.45, 2.75) is 19.9 Å². The number of hydrogen-bond donors (Lipinski definition) is 1. The maximum absolute atomic E-state index is 12.1. The summed E-state index contributed by atoms with van der Waals surface area (Å²) in [6, 6.07) is 7.59. The van der Waals surface area contributed by atoms with Crippen molar-refractivity contribution in [2.75, 3.05) is 39.2 Å². The van der Waals surface area contributed by atoms with Crippen molar-refractivity contribution in [3.63, 3.8) is 0 Å². The Bertz CT molecular complexity index is 410. The van der Waals surface area contributed by atoms with E-state index in [1.807, 2.05) is 31.2 Å². The van der Waals surface area contributed by atoms with Crippen LogP contribution in [0, 0.1) is 0 Å². The summed E-state index contributed by atoms with van der Waals surface area (Å²) in [5, 5.41) is 0. The normalized spacial score (nSPS) is 10.5. The third-order valence-corrected chi connectivity index (χ3v) is 2.83. The molecule has 0 aliphatic heterocycles. The molecule has 5 nitrogen and oxygen atoms in total. The molecule has 2 N–H and O–H groups in total. The third kappa shape index (κ3) is 6.04. The van der Waals surface area contributed by atoms with Crippen LogP contribution in [0.2, 0.25) is 0 Å². The van der Waals surface area contributed by atoms with Gasteiger partial charge in [-0.25, -0.2) is 0 Å². The second-order valence-corrected chi connectivity index (χ2v) is 4.61. The number of methoxy groups -OCH3 is 1. The number of carbonyl (C=O) groups is 1. The van der Waals surface area contributed by atoms with Gasteiger partial charge in [-0.15, -0.1) is 0 Å². The summed E-state index contributed by atoms with van der Waals surface area (Å²) in [4.78, 5) is 13.9. The standard InChI is InChI=1S/C15H24N2O3/c1-3-7-17(15(18)12-20-9-8-19-2)11-13-5-4-6-14(16)10-13/h4-6,10H,3,7-9,11-12,16H2,1-2H3. The first-order chi connectivity index (χ1) is 9.67. The third-order valence-electron chi connectivity index (χ3n) is 2.83. The molecule has 1 rings (SSSR count). The van der Waals surface area contributed by atoms with Crippen LogP contribution >= 0.6 is 0 Å². The van der Waals surface area contributed by atoms with E-state index in [1.165, 1.54) is 0 Å². The highest BCUT2D eigenvalue weighted by Crippen LogP contribution is 2.10. The number of amides is 1. The minimum absolute atomic E-state index is 0.00891. The van der Waals surface area contributed by atoms with Gasteiger partial charge in [0, 0.05) is 25.9 Å². The molecule has 0 fully saturated rings. The Morgan fingerprint density at radius 2 is 2.15 bits per heavy atom. The van der Waals surface area contributed by atoms with Crippen molar-refractivity contribution >= 4 is 11.6 Å². The zero-order valence-corrected chi connectivity index (χ0v) is 12.3. The molecule has 0 saturated carbocycles. The quantitative estimate of drug-likeness (QED) is 0.552. The molecule has 0 spiro atoms. The summed E-state index contributed by atoms with van der Waals surface area (Å²) in [6.45, 7) is 4.33. The maximum Gasteiger partial charge on any atom is 0.248 e. The van der Waals surface area contributed by atoms with Crippen molar-refractivity contribution in [1.29, 1.82) is 0 Å². The predicted molar refractivity (Wildman–Crippen MR) is 79.3 cm³/mol. The van der Waals surface area contributed by atoms with Crippen LogP contribution in [0.25, 0.3) is 0 Å². The number of nitrogens with two attached hydrogens (primary N) is 1. The Morgan fingerprint density at radius 3 is 2.80 bits per heavy atom. The number of rotatable bonds is 9. The van der Waals surface area contributed by atoms with Crippen molar-refractivity contribution in [2.24, 2.45) is 0 Å². The molecular formula is C15H24N2O3. The van der Waals surface area contributed by atoms with Gasteiger partial charge in [-0.2, -0.15) is 0 Å². The summed E-state index contributed by atoms with van der Waals surface area (Å²) in [7, 11) is 1.61. The Labute approximate surface area is 120 Å². The zero-order chi connectivity index (χ0) is 14.8. The van der Waals surface area contributed by atoms with E-state index < -0.39 is 0 Å².